The minimum atomic E-state index is -0.343. The van der Waals surface area contributed by atoms with Gasteiger partial charge in [0.15, 0.2) is 0 Å². The van der Waals surface area contributed by atoms with Crippen LogP contribution in [0.2, 0.25) is 0 Å². The van der Waals surface area contributed by atoms with Crippen LogP contribution in [0.25, 0.3) is 0 Å². The molecule has 0 amide bonds. The van der Waals surface area contributed by atoms with Gasteiger partial charge in [-0.25, -0.2) is 0 Å². The Morgan fingerprint density at radius 1 is 1.67 bits per heavy atom. The van der Waals surface area contributed by atoms with Crippen molar-refractivity contribution in [3.05, 3.63) is 23.0 Å². The van der Waals surface area contributed by atoms with Gasteiger partial charge in [0.1, 0.15) is 11.8 Å². The molecule has 1 atom stereocenters. The van der Waals surface area contributed by atoms with Gasteiger partial charge in [0.05, 0.1) is 6.10 Å². The number of rotatable bonds is 4. The molecule has 4 nitrogen and oxygen atoms in total. The maximum atomic E-state index is 9.09. The molecule has 0 radical (unpaired) electrons. The normalized spacial score (nSPS) is 12.5. The van der Waals surface area contributed by atoms with Gasteiger partial charge in [-0.1, -0.05) is 0 Å². The number of hydrogen-bond donors (Lipinski definition) is 2. The van der Waals surface area contributed by atoms with E-state index < -0.39 is 0 Å². The fraction of sp³-hybridized carbons (Fsp3) is 0.545. The molecule has 0 aromatic carbocycles. The fourth-order valence-electron chi connectivity index (χ4n) is 1.46. The number of nitrogens with one attached hydrogen (secondary N) is 1. The van der Waals surface area contributed by atoms with Crippen LogP contribution in [0, 0.1) is 18.3 Å². The number of aromatic nitrogens is 1. The Hall–Kier alpha value is -1.31. The van der Waals surface area contributed by atoms with Gasteiger partial charge < -0.3 is 15.0 Å². The summed E-state index contributed by atoms with van der Waals surface area (Å²) in [6, 6.07) is 4.02. The molecule has 82 valence electrons. The molecule has 1 aromatic heterocycles. The molecule has 1 aromatic rings. The van der Waals surface area contributed by atoms with E-state index in [0.717, 1.165) is 11.3 Å². The molecule has 2 N–H and O–H groups in total. The van der Waals surface area contributed by atoms with Crippen molar-refractivity contribution >= 4 is 0 Å². The lowest BCUT2D eigenvalue weighted by atomic mass is 10.2. The van der Waals surface area contributed by atoms with Crippen molar-refractivity contribution in [2.75, 3.05) is 6.54 Å². The number of aliphatic hydroxyl groups is 1. The lowest BCUT2D eigenvalue weighted by Crippen LogP contribution is -2.24. The molecule has 15 heavy (non-hydrogen) atoms. The lowest BCUT2D eigenvalue weighted by molar-refractivity contribution is 0.191. The first kappa shape index (κ1) is 11.8. The van der Waals surface area contributed by atoms with E-state index in [-0.39, 0.29) is 6.10 Å². The maximum absolute atomic E-state index is 9.09. The summed E-state index contributed by atoms with van der Waals surface area (Å²) in [6.45, 7) is 4.98. The van der Waals surface area contributed by atoms with Crippen LogP contribution in [0.1, 0.15) is 23.9 Å². The summed E-state index contributed by atoms with van der Waals surface area (Å²) in [6.07, 6.45) is -0.343. The molecule has 1 heterocycles. The van der Waals surface area contributed by atoms with Gasteiger partial charge in [0, 0.05) is 25.8 Å². The van der Waals surface area contributed by atoms with Crippen molar-refractivity contribution in [2.24, 2.45) is 7.05 Å². The van der Waals surface area contributed by atoms with Crippen molar-refractivity contribution in [2.45, 2.75) is 26.5 Å². The highest BCUT2D eigenvalue weighted by atomic mass is 16.3. The summed E-state index contributed by atoms with van der Waals surface area (Å²) >= 11 is 0. The highest BCUT2D eigenvalue weighted by Gasteiger charge is 2.07. The van der Waals surface area contributed by atoms with Crippen LogP contribution in [0.3, 0.4) is 0 Å². The number of hydrogen-bond acceptors (Lipinski definition) is 3. The molecule has 0 spiro atoms. The van der Waals surface area contributed by atoms with Crippen LogP contribution in [-0.2, 0) is 13.6 Å². The minimum Gasteiger partial charge on any atom is -0.392 e. The van der Waals surface area contributed by atoms with E-state index in [9.17, 15) is 0 Å². The molecule has 0 saturated heterocycles. The van der Waals surface area contributed by atoms with E-state index in [0.29, 0.717) is 18.8 Å². The smallest absolute Gasteiger partial charge is 0.120 e. The van der Waals surface area contributed by atoms with E-state index in [1.54, 1.807) is 6.92 Å². The van der Waals surface area contributed by atoms with E-state index in [4.69, 9.17) is 10.4 Å². The third kappa shape index (κ3) is 2.82. The Kier molecular flexibility index (Phi) is 3.89. The van der Waals surface area contributed by atoms with Crippen molar-refractivity contribution in [1.82, 2.24) is 9.88 Å². The zero-order valence-corrected chi connectivity index (χ0v) is 9.41. The Balaban J connectivity index is 2.66. The summed E-state index contributed by atoms with van der Waals surface area (Å²) in [5, 5.41) is 21.1. The van der Waals surface area contributed by atoms with E-state index in [1.807, 2.05) is 24.6 Å². The summed E-state index contributed by atoms with van der Waals surface area (Å²) in [7, 11) is 1.88. The zero-order valence-electron chi connectivity index (χ0n) is 9.41. The van der Waals surface area contributed by atoms with Gasteiger partial charge in [-0.05, 0) is 25.5 Å². The first-order valence-corrected chi connectivity index (χ1v) is 5.00. The standard InChI is InChI=1S/C11H17N3O/c1-8(15)6-13-7-10-4-11(5-12)14(3)9(10)2/h4,8,13,15H,6-7H2,1-3H3. The Bertz CT molecular complexity index is 374. The van der Waals surface area contributed by atoms with E-state index in [2.05, 4.69) is 11.4 Å². The Morgan fingerprint density at radius 3 is 2.80 bits per heavy atom. The number of aliphatic hydroxyl groups excluding tert-OH is 1. The van der Waals surface area contributed by atoms with Crippen LogP contribution >= 0.6 is 0 Å². The number of nitriles is 1. The first-order valence-electron chi connectivity index (χ1n) is 5.00. The monoisotopic (exact) mass is 207 g/mol. The van der Waals surface area contributed by atoms with Crippen molar-refractivity contribution in [3.63, 3.8) is 0 Å². The molecule has 0 saturated carbocycles. The van der Waals surface area contributed by atoms with Gasteiger partial charge >= 0.3 is 0 Å². The third-order valence-corrected chi connectivity index (χ3v) is 2.51. The molecule has 1 unspecified atom stereocenters. The quantitative estimate of drug-likeness (QED) is 0.763. The Morgan fingerprint density at radius 2 is 2.33 bits per heavy atom. The maximum Gasteiger partial charge on any atom is 0.120 e. The van der Waals surface area contributed by atoms with Crippen LogP contribution < -0.4 is 5.32 Å². The van der Waals surface area contributed by atoms with Crippen molar-refractivity contribution in [1.29, 1.82) is 5.26 Å². The lowest BCUT2D eigenvalue weighted by Gasteiger charge is -2.06. The van der Waals surface area contributed by atoms with Crippen LogP contribution in [-0.4, -0.2) is 22.3 Å². The molecular weight excluding hydrogens is 190 g/mol. The predicted molar refractivity (Wildman–Crippen MR) is 58.3 cm³/mol. The summed E-state index contributed by atoms with van der Waals surface area (Å²) in [5.74, 6) is 0. The molecule has 0 aliphatic heterocycles. The minimum absolute atomic E-state index is 0.343. The van der Waals surface area contributed by atoms with Gasteiger partial charge in [0.25, 0.3) is 0 Å². The zero-order chi connectivity index (χ0) is 11.4. The van der Waals surface area contributed by atoms with Crippen LogP contribution in [0.5, 0.6) is 0 Å². The highest BCUT2D eigenvalue weighted by molar-refractivity contribution is 5.33. The predicted octanol–water partition coefficient (Wildman–Crippen LogP) is 0.676. The largest absolute Gasteiger partial charge is 0.392 e. The average Bonchev–Trinajstić information content (AvgIpc) is 2.45. The highest BCUT2D eigenvalue weighted by Crippen LogP contribution is 2.12. The second-order valence-electron chi connectivity index (χ2n) is 3.79. The van der Waals surface area contributed by atoms with E-state index in [1.165, 1.54) is 0 Å². The second-order valence-corrected chi connectivity index (χ2v) is 3.79. The van der Waals surface area contributed by atoms with Crippen LogP contribution in [0.15, 0.2) is 6.07 Å². The van der Waals surface area contributed by atoms with Crippen molar-refractivity contribution < 1.29 is 5.11 Å². The summed E-state index contributed by atoms with van der Waals surface area (Å²) in [5.41, 5.74) is 2.86. The molecular formula is C11H17N3O. The number of nitrogens with zero attached hydrogens (tertiary/aromatic N) is 2. The topological polar surface area (TPSA) is 61.0 Å². The molecule has 0 aliphatic rings. The second kappa shape index (κ2) is 4.96. The van der Waals surface area contributed by atoms with Gasteiger partial charge in [-0.3, -0.25) is 0 Å². The van der Waals surface area contributed by atoms with Crippen LogP contribution in [0.4, 0.5) is 0 Å². The van der Waals surface area contributed by atoms with Gasteiger partial charge in [-0.2, -0.15) is 5.26 Å². The fourth-order valence-corrected chi connectivity index (χ4v) is 1.46. The molecule has 0 bridgehead atoms. The molecule has 0 aliphatic carbocycles. The summed E-state index contributed by atoms with van der Waals surface area (Å²) in [4.78, 5) is 0. The molecule has 4 heteroatoms. The first-order chi connectivity index (χ1) is 7.06. The summed E-state index contributed by atoms with van der Waals surface area (Å²) < 4.78 is 1.87. The molecule has 0 fully saturated rings. The van der Waals surface area contributed by atoms with Crippen molar-refractivity contribution in [3.8, 4) is 6.07 Å². The average molecular weight is 207 g/mol. The SMILES string of the molecule is Cc1c(CNCC(C)O)cc(C#N)n1C. The van der Waals surface area contributed by atoms with Gasteiger partial charge in [-0.15, -0.1) is 0 Å². The third-order valence-electron chi connectivity index (χ3n) is 2.51. The Labute approximate surface area is 90.1 Å². The molecule has 1 rings (SSSR count). The van der Waals surface area contributed by atoms with E-state index >= 15 is 0 Å². The van der Waals surface area contributed by atoms with Gasteiger partial charge in [0.2, 0.25) is 0 Å².